The molecule has 0 atom stereocenters. The zero-order valence-corrected chi connectivity index (χ0v) is 10.3. The molecule has 0 aliphatic carbocycles. The predicted molar refractivity (Wildman–Crippen MR) is 65.1 cm³/mol. The summed E-state index contributed by atoms with van der Waals surface area (Å²) in [5, 5.41) is 16.1. The lowest BCUT2D eigenvalue weighted by molar-refractivity contribution is 0.765. The van der Waals surface area contributed by atoms with E-state index in [1.807, 2.05) is 24.6 Å². The lowest BCUT2D eigenvalue weighted by Crippen LogP contribution is -2.12. The van der Waals surface area contributed by atoms with E-state index in [9.17, 15) is 0 Å². The van der Waals surface area contributed by atoms with Crippen molar-refractivity contribution in [2.45, 2.75) is 17.0 Å². The van der Waals surface area contributed by atoms with Gasteiger partial charge in [0.2, 0.25) is 0 Å². The van der Waals surface area contributed by atoms with Crippen molar-refractivity contribution in [1.29, 1.82) is 5.41 Å². The maximum atomic E-state index is 7.25. The van der Waals surface area contributed by atoms with E-state index in [0.29, 0.717) is 5.69 Å². The van der Waals surface area contributed by atoms with E-state index < -0.39 is 0 Å². The molecule has 0 saturated carbocycles. The third-order valence-corrected chi connectivity index (χ3v) is 3.29. The molecule has 2 aromatic rings. The van der Waals surface area contributed by atoms with Crippen LogP contribution in [0.4, 0.5) is 0 Å². The minimum absolute atomic E-state index is 0.0314. The van der Waals surface area contributed by atoms with Crippen molar-refractivity contribution in [1.82, 2.24) is 19.7 Å². The second kappa shape index (κ2) is 4.54. The van der Waals surface area contributed by atoms with Gasteiger partial charge in [0.1, 0.15) is 17.4 Å². The normalized spacial score (nSPS) is 10.5. The molecule has 0 aromatic carbocycles. The number of pyridine rings is 1. The maximum Gasteiger partial charge on any atom is 0.195 e. The van der Waals surface area contributed by atoms with Gasteiger partial charge < -0.3 is 10.3 Å². The molecule has 0 saturated heterocycles. The Morgan fingerprint density at radius 3 is 2.65 bits per heavy atom. The Morgan fingerprint density at radius 2 is 2.18 bits per heavy atom. The first-order valence-corrected chi connectivity index (χ1v) is 5.74. The Balaban J connectivity index is 2.19. The van der Waals surface area contributed by atoms with Gasteiger partial charge in [0.25, 0.3) is 0 Å². The first-order valence-electron chi connectivity index (χ1n) is 4.92. The van der Waals surface area contributed by atoms with E-state index in [0.717, 1.165) is 15.9 Å². The SMILES string of the molecule is Cc1nnc(Sc2ccc(C(=N)N)nc2)n1C. The van der Waals surface area contributed by atoms with Gasteiger partial charge in [-0.15, -0.1) is 10.2 Å². The summed E-state index contributed by atoms with van der Waals surface area (Å²) in [7, 11) is 1.91. The summed E-state index contributed by atoms with van der Waals surface area (Å²) in [5.74, 6) is 0.830. The number of nitrogens with two attached hydrogens (primary N) is 1. The molecule has 0 aliphatic rings. The number of aryl methyl sites for hydroxylation is 1. The van der Waals surface area contributed by atoms with Crippen LogP contribution in [-0.2, 0) is 7.05 Å². The molecule has 2 rings (SSSR count). The number of hydrogen-bond acceptors (Lipinski definition) is 5. The molecule has 0 fully saturated rings. The van der Waals surface area contributed by atoms with Crippen molar-refractivity contribution in [2.24, 2.45) is 12.8 Å². The number of nitrogens with zero attached hydrogens (tertiary/aromatic N) is 4. The Hall–Kier alpha value is -1.89. The van der Waals surface area contributed by atoms with E-state index in [1.165, 1.54) is 11.8 Å². The Labute approximate surface area is 103 Å². The van der Waals surface area contributed by atoms with Gasteiger partial charge in [0.15, 0.2) is 5.16 Å². The average molecular weight is 248 g/mol. The molecule has 0 bridgehead atoms. The number of aromatic nitrogens is 4. The summed E-state index contributed by atoms with van der Waals surface area (Å²) in [5.41, 5.74) is 5.81. The topological polar surface area (TPSA) is 93.5 Å². The smallest absolute Gasteiger partial charge is 0.195 e. The van der Waals surface area contributed by atoms with Crippen molar-refractivity contribution in [3.8, 4) is 0 Å². The van der Waals surface area contributed by atoms with Gasteiger partial charge in [-0.25, -0.2) is 0 Å². The molecule has 3 N–H and O–H groups in total. The van der Waals surface area contributed by atoms with E-state index in [4.69, 9.17) is 11.1 Å². The third-order valence-electron chi connectivity index (χ3n) is 2.27. The number of rotatable bonds is 3. The van der Waals surface area contributed by atoms with Crippen LogP contribution in [0.3, 0.4) is 0 Å². The molecule has 2 aromatic heterocycles. The molecule has 0 spiro atoms. The lowest BCUT2D eigenvalue weighted by atomic mass is 10.3. The summed E-state index contributed by atoms with van der Waals surface area (Å²) in [6.07, 6.45) is 1.67. The van der Waals surface area contributed by atoms with Gasteiger partial charge in [-0.2, -0.15) is 0 Å². The zero-order chi connectivity index (χ0) is 12.4. The molecule has 6 nitrogen and oxygen atoms in total. The highest BCUT2D eigenvalue weighted by Gasteiger charge is 2.07. The van der Waals surface area contributed by atoms with E-state index in [1.54, 1.807) is 12.3 Å². The van der Waals surface area contributed by atoms with Crippen LogP contribution < -0.4 is 5.73 Å². The van der Waals surface area contributed by atoms with Crippen molar-refractivity contribution >= 4 is 17.6 Å². The van der Waals surface area contributed by atoms with Crippen LogP contribution in [0.5, 0.6) is 0 Å². The fourth-order valence-corrected chi connectivity index (χ4v) is 1.98. The fraction of sp³-hybridized carbons (Fsp3) is 0.200. The van der Waals surface area contributed by atoms with Crippen LogP contribution in [0, 0.1) is 12.3 Å². The molecule has 0 unspecified atom stereocenters. The van der Waals surface area contributed by atoms with Gasteiger partial charge in [-0.05, 0) is 30.8 Å². The summed E-state index contributed by atoms with van der Waals surface area (Å²) in [4.78, 5) is 5.02. The van der Waals surface area contributed by atoms with Crippen LogP contribution >= 0.6 is 11.8 Å². The largest absolute Gasteiger partial charge is 0.382 e. The van der Waals surface area contributed by atoms with Gasteiger partial charge in [-0.1, -0.05) is 0 Å². The number of nitrogens with one attached hydrogen (secondary N) is 1. The highest BCUT2D eigenvalue weighted by molar-refractivity contribution is 7.99. The highest BCUT2D eigenvalue weighted by Crippen LogP contribution is 2.25. The lowest BCUT2D eigenvalue weighted by Gasteiger charge is -2.02. The van der Waals surface area contributed by atoms with Gasteiger partial charge >= 0.3 is 0 Å². The minimum atomic E-state index is -0.0314. The average Bonchev–Trinajstić information content (AvgIpc) is 2.62. The summed E-state index contributed by atoms with van der Waals surface area (Å²) in [6.45, 7) is 1.90. The molecule has 88 valence electrons. The monoisotopic (exact) mass is 248 g/mol. The third kappa shape index (κ3) is 2.44. The number of nitrogen functional groups attached to an aromatic ring is 1. The van der Waals surface area contributed by atoms with Crippen LogP contribution in [0.25, 0.3) is 0 Å². The summed E-state index contributed by atoms with van der Waals surface area (Å²) < 4.78 is 1.91. The van der Waals surface area contributed by atoms with Crippen molar-refractivity contribution in [2.75, 3.05) is 0 Å². The first-order chi connectivity index (χ1) is 8.08. The molecule has 0 amide bonds. The van der Waals surface area contributed by atoms with E-state index in [2.05, 4.69) is 15.2 Å². The Kier molecular flexibility index (Phi) is 3.10. The molecule has 0 radical (unpaired) electrons. The van der Waals surface area contributed by atoms with Crippen molar-refractivity contribution in [3.63, 3.8) is 0 Å². The standard InChI is InChI=1S/C10H12N6S/c1-6-14-15-10(16(6)2)17-7-3-4-8(9(11)12)13-5-7/h3-5H,1-2H3,(H3,11,12). The Morgan fingerprint density at radius 1 is 1.41 bits per heavy atom. The summed E-state index contributed by atoms with van der Waals surface area (Å²) >= 11 is 1.47. The molecule has 7 heteroatoms. The van der Waals surface area contributed by atoms with Crippen LogP contribution in [0.1, 0.15) is 11.5 Å². The van der Waals surface area contributed by atoms with E-state index in [-0.39, 0.29) is 5.84 Å². The molecule has 2 heterocycles. The first kappa shape index (κ1) is 11.6. The van der Waals surface area contributed by atoms with Crippen LogP contribution in [0.2, 0.25) is 0 Å². The minimum Gasteiger partial charge on any atom is -0.382 e. The maximum absolute atomic E-state index is 7.25. The summed E-state index contributed by atoms with van der Waals surface area (Å²) in [6, 6.07) is 3.58. The molecular formula is C10H12N6S. The van der Waals surface area contributed by atoms with Crippen LogP contribution in [-0.4, -0.2) is 25.6 Å². The molecular weight excluding hydrogens is 236 g/mol. The quantitative estimate of drug-likeness (QED) is 0.623. The van der Waals surface area contributed by atoms with Gasteiger partial charge in [0, 0.05) is 18.1 Å². The van der Waals surface area contributed by atoms with Crippen LogP contribution in [0.15, 0.2) is 28.4 Å². The zero-order valence-electron chi connectivity index (χ0n) is 9.51. The van der Waals surface area contributed by atoms with Gasteiger partial charge in [0.05, 0.1) is 0 Å². The second-order valence-electron chi connectivity index (χ2n) is 3.48. The molecule has 0 aliphatic heterocycles. The molecule has 17 heavy (non-hydrogen) atoms. The van der Waals surface area contributed by atoms with Crippen molar-refractivity contribution in [3.05, 3.63) is 29.8 Å². The van der Waals surface area contributed by atoms with Gasteiger partial charge in [-0.3, -0.25) is 10.4 Å². The highest BCUT2D eigenvalue weighted by atomic mass is 32.2. The number of amidine groups is 1. The fourth-order valence-electron chi connectivity index (χ4n) is 1.18. The Bertz CT molecular complexity index is 544. The predicted octanol–water partition coefficient (Wildman–Crippen LogP) is 0.954. The van der Waals surface area contributed by atoms with E-state index >= 15 is 0 Å². The second-order valence-corrected chi connectivity index (χ2v) is 4.52. The number of hydrogen-bond donors (Lipinski definition) is 2. The van der Waals surface area contributed by atoms with Crippen molar-refractivity contribution < 1.29 is 0 Å².